The zero-order valence-electron chi connectivity index (χ0n) is 11.0. The third kappa shape index (κ3) is 3.74. The summed E-state index contributed by atoms with van der Waals surface area (Å²) >= 11 is 5.33. The van der Waals surface area contributed by atoms with Crippen LogP contribution < -0.4 is 11.1 Å². The predicted molar refractivity (Wildman–Crippen MR) is 84.2 cm³/mol. The van der Waals surface area contributed by atoms with E-state index in [-0.39, 0.29) is 11.9 Å². The molecule has 0 bridgehead atoms. The highest BCUT2D eigenvalue weighted by Gasteiger charge is 2.32. The molecular weight excluding hydrogens is 324 g/mol. The van der Waals surface area contributed by atoms with Crippen LogP contribution in [0, 0.1) is 0 Å². The normalized spacial score (nSPS) is 19.7. The summed E-state index contributed by atoms with van der Waals surface area (Å²) in [6, 6.07) is 7.86. The number of hydrogen-bond acceptors (Lipinski definition) is 3. The lowest BCUT2D eigenvalue weighted by Crippen LogP contribution is -2.52. The molecule has 1 unspecified atom stereocenters. The molecule has 0 aliphatic carbocycles. The molecule has 0 spiro atoms. The first kappa shape index (κ1) is 14.9. The monoisotopic (exact) mass is 342 g/mol. The van der Waals surface area contributed by atoms with Gasteiger partial charge in [-0.25, -0.2) is 0 Å². The molecule has 1 aromatic rings. The van der Waals surface area contributed by atoms with E-state index < -0.39 is 5.54 Å². The van der Waals surface area contributed by atoms with Crippen LogP contribution >= 0.6 is 27.7 Å². The van der Waals surface area contributed by atoms with Gasteiger partial charge in [0.15, 0.2) is 0 Å². The summed E-state index contributed by atoms with van der Waals surface area (Å²) in [5, 5.41) is 3.08. The minimum atomic E-state index is -0.981. The predicted octanol–water partition coefficient (Wildman–Crippen LogP) is 2.63. The van der Waals surface area contributed by atoms with Crippen molar-refractivity contribution in [2.75, 3.05) is 11.5 Å². The van der Waals surface area contributed by atoms with Gasteiger partial charge in [-0.2, -0.15) is 11.8 Å². The summed E-state index contributed by atoms with van der Waals surface area (Å²) in [5.74, 6) is 2.14. The summed E-state index contributed by atoms with van der Waals surface area (Å²) in [4.78, 5) is 12.4. The van der Waals surface area contributed by atoms with Crippen LogP contribution in [0.4, 0.5) is 0 Å². The standard InChI is InChI=1S/C14H19BrN2OS/c1-14(16,10-2-4-11(15)5-3-10)13(18)17-12-6-8-19-9-7-12/h2-5,12H,6-9,16H2,1H3,(H,17,18). The minimum absolute atomic E-state index is 0.0910. The quantitative estimate of drug-likeness (QED) is 0.887. The fourth-order valence-corrected chi connectivity index (χ4v) is 3.48. The van der Waals surface area contributed by atoms with Crippen molar-refractivity contribution in [3.05, 3.63) is 34.3 Å². The van der Waals surface area contributed by atoms with Gasteiger partial charge >= 0.3 is 0 Å². The number of halogens is 1. The fourth-order valence-electron chi connectivity index (χ4n) is 2.10. The van der Waals surface area contributed by atoms with E-state index in [2.05, 4.69) is 21.2 Å². The summed E-state index contributed by atoms with van der Waals surface area (Å²) in [6.45, 7) is 1.77. The first-order valence-corrected chi connectivity index (χ1v) is 8.38. The van der Waals surface area contributed by atoms with E-state index >= 15 is 0 Å². The fraction of sp³-hybridized carbons (Fsp3) is 0.500. The van der Waals surface area contributed by atoms with Crippen LogP contribution in [-0.2, 0) is 10.3 Å². The average molecular weight is 343 g/mol. The Morgan fingerprint density at radius 3 is 2.53 bits per heavy atom. The van der Waals surface area contributed by atoms with Crippen LogP contribution in [0.5, 0.6) is 0 Å². The Labute approximate surface area is 126 Å². The number of carbonyl (C=O) groups excluding carboxylic acids is 1. The van der Waals surface area contributed by atoms with E-state index in [0.717, 1.165) is 34.4 Å². The minimum Gasteiger partial charge on any atom is -0.351 e. The molecule has 0 saturated carbocycles. The van der Waals surface area contributed by atoms with Crippen molar-refractivity contribution >= 4 is 33.6 Å². The molecule has 2 rings (SSSR count). The largest absolute Gasteiger partial charge is 0.351 e. The van der Waals surface area contributed by atoms with Gasteiger partial charge in [-0.15, -0.1) is 0 Å². The molecule has 3 nitrogen and oxygen atoms in total. The second-order valence-electron chi connectivity index (χ2n) is 5.07. The van der Waals surface area contributed by atoms with Crippen molar-refractivity contribution in [3.8, 4) is 0 Å². The Balaban J connectivity index is 2.05. The van der Waals surface area contributed by atoms with Gasteiger partial charge in [-0.1, -0.05) is 28.1 Å². The van der Waals surface area contributed by atoms with E-state index in [1.165, 1.54) is 0 Å². The zero-order chi connectivity index (χ0) is 13.9. The lowest BCUT2D eigenvalue weighted by Gasteiger charge is -2.29. The van der Waals surface area contributed by atoms with Gasteiger partial charge in [0.25, 0.3) is 0 Å². The average Bonchev–Trinajstić information content (AvgIpc) is 2.40. The summed E-state index contributed by atoms with van der Waals surface area (Å²) in [7, 11) is 0. The SMILES string of the molecule is CC(N)(C(=O)NC1CCSCC1)c1ccc(Br)cc1. The van der Waals surface area contributed by atoms with Crippen molar-refractivity contribution in [1.82, 2.24) is 5.32 Å². The number of hydrogen-bond donors (Lipinski definition) is 2. The highest BCUT2D eigenvalue weighted by molar-refractivity contribution is 9.10. The number of carbonyl (C=O) groups is 1. The Morgan fingerprint density at radius 1 is 1.37 bits per heavy atom. The maximum atomic E-state index is 12.4. The van der Waals surface area contributed by atoms with E-state index in [1.807, 2.05) is 36.0 Å². The van der Waals surface area contributed by atoms with Gasteiger partial charge in [0.05, 0.1) is 0 Å². The highest BCUT2D eigenvalue weighted by Crippen LogP contribution is 2.22. The summed E-state index contributed by atoms with van der Waals surface area (Å²) in [6.07, 6.45) is 2.07. The molecule has 1 saturated heterocycles. The topological polar surface area (TPSA) is 55.1 Å². The van der Waals surface area contributed by atoms with Crippen molar-refractivity contribution in [3.63, 3.8) is 0 Å². The van der Waals surface area contributed by atoms with E-state index in [4.69, 9.17) is 5.73 Å². The number of benzene rings is 1. The van der Waals surface area contributed by atoms with E-state index in [9.17, 15) is 4.79 Å². The molecule has 3 N–H and O–H groups in total. The first-order chi connectivity index (χ1) is 9.00. The molecule has 1 fully saturated rings. The molecule has 19 heavy (non-hydrogen) atoms. The number of amides is 1. The number of rotatable bonds is 3. The smallest absolute Gasteiger partial charge is 0.244 e. The van der Waals surface area contributed by atoms with Crippen LogP contribution in [0.15, 0.2) is 28.7 Å². The molecular formula is C14H19BrN2OS. The maximum Gasteiger partial charge on any atom is 0.244 e. The third-order valence-corrected chi connectivity index (χ3v) is 5.05. The van der Waals surface area contributed by atoms with Gasteiger partial charge in [-0.05, 0) is 49.0 Å². The van der Waals surface area contributed by atoms with Crippen LogP contribution in [-0.4, -0.2) is 23.5 Å². The zero-order valence-corrected chi connectivity index (χ0v) is 13.4. The van der Waals surface area contributed by atoms with Gasteiger partial charge < -0.3 is 11.1 Å². The molecule has 104 valence electrons. The van der Waals surface area contributed by atoms with Crippen LogP contribution in [0.1, 0.15) is 25.3 Å². The molecule has 1 heterocycles. The van der Waals surface area contributed by atoms with Crippen molar-refractivity contribution in [2.45, 2.75) is 31.3 Å². The number of thioether (sulfide) groups is 1. The lowest BCUT2D eigenvalue weighted by atomic mass is 9.91. The molecule has 5 heteroatoms. The molecule has 1 aliphatic rings. The Morgan fingerprint density at radius 2 is 1.95 bits per heavy atom. The van der Waals surface area contributed by atoms with Crippen LogP contribution in [0.25, 0.3) is 0 Å². The lowest BCUT2D eigenvalue weighted by molar-refractivity contribution is -0.126. The van der Waals surface area contributed by atoms with Crippen molar-refractivity contribution in [2.24, 2.45) is 5.73 Å². The third-order valence-electron chi connectivity index (χ3n) is 3.47. The van der Waals surface area contributed by atoms with Gasteiger partial charge in [0.2, 0.25) is 5.91 Å². The number of nitrogens with two attached hydrogens (primary N) is 1. The van der Waals surface area contributed by atoms with Crippen LogP contribution in [0.2, 0.25) is 0 Å². The first-order valence-electron chi connectivity index (χ1n) is 6.44. The van der Waals surface area contributed by atoms with Gasteiger partial charge in [0.1, 0.15) is 5.54 Å². The summed E-state index contributed by atoms with van der Waals surface area (Å²) < 4.78 is 0.983. The molecule has 1 aromatic carbocycles. The second-order valence-corrected chi connectivity index (χ2v) is 7.21. The molecule has 1 atom stereocenters. The van der Waals surface area contributed by atoms with Gasteiger partial charge in [0, 0.05) is 10.5 Å². The Kier molecular flexibility index (Phi) is 4.92. The van der Waals surface area contributed by atoms with Crippen molar-refractivity contribution < 1.29 is 4.79 Å². The number of nitrogens with one attached hydrogen (secondary N) is 1. The highest BCUT2D eigenvalue weighted by atomic mass is 79.9. The molecule has 1 aliphatic heterocycles. The molecule has 1 amide bonds. The molecule has 0 aromatic heterocycles. The van der Waals surface area contributed by atoms with Crippen LogP contribution in [0.3, 0.4) is 0 Å². The van der Waals surface area contributed by atoms with E-state index in [1.54, 1.807) is 6.92 Å². The Hall–Kier alpha value is -0.520. The van der Waals surface area contributed by atoms with E-state index in [0.29, 0.717) is 0 Å². The second kappa shape index (κ2) is 6.29. The van der Waals surface area contributed by atoms with Gasteiger partial charge in [-0.3, -0.25) is 4.79 Å². The maximum absolute atomic E-state index is 12.4. The Bertz CT molecular complexity index is 441. The molecule has 0 radical (unpaired) electrons. The summed E-state index contributed by atoms with van der Waals surface area (Å²) in [5.41, 5.74) is 6.07. The van der Waals surface area contributed by atoms with Crippen molar-refractivity contribution in [1.29, 1.82) is 0 Å².